The normalized spacial score (nSPS) is 10.5. The molecule has 5 nitrogen and oxygen atoms in total. The Balaban J connectivity index is 1.52. The van der Waals surface area contributed by atoms with Crippen LogP contribution in [0.1, 0.15) is 18.4 Å². The van der Waals surface area contributed by atoms with Crippen LogP contribution in [0.3, 0.4) is 0 Å². The second kappa shape index (κ2) is 8.21. The van der Waals surface area contributed by atoms with Gasteiger partial charge in [0.05, 0.1) is 6.61 Å². The molecule has 1 aromatic carbocycles. The van der Waals surface area contributed by atoms with Gasteiger partial charge in [-0.15, -0.1) is 0 Å². The van der Waals surface area contributed by atoms with E-state index in [1.54, 1.807) is 16.9 Å². The average Bonchev–Trinajstić information content (AvgIpc) is 2.89. The smallest absolute Gasteiger partial charge is 0.225 e. The van der Waals surface area contributed by atoms with E-state index in [0.717, 1.165) is 6.42 Å². The van der Waals surface area contributed by atoms with Crippen LogP contribution < -0.4 is 5.32 Å². The third-order valence-corrected chi connectivity index (χ3v) is 3.05. The molecule has 0 spiro atoms. The van der Waals surface area contributed by atoms with Gasteiger partial charge in [0.15, 0.2) is 5.82 Å². The number of aryl methyl sites for hydroxylation is 1. The first kappa shape index (κ1) is 15.3. The first-order chi connectivity index (χ1) is 10.2. The van der Waals surface area contributed by atoms with Crippen LogP contribution in [-0.4, -0.2) is 28.9 Å². The van der Waals surface area contributed by atoms with E-state index in [2.05, 4.69) is 22.5 Å². The van der Waals surface area contributed by atoms with E-state index in [-0.39, 0.29) is 5.91 Å². The lowest BCUT2D eigenvalue weighted by molar-refractivity contribution is -0.116. The van der Waals surface area contributed by atoms with Crippen molar-refractivity contribution in [3.63, 3.8) is 0 Å². The fourth-order valence-electron chi connectivity index (χ4n) is 1.96. The Morgan fingerprint density at radius 1 is 1.24 bits per heavy atom. The zero-order valence-corrected chi connectivity index (χ0v) is 12.3. The number of anilines is 1. The van der Waals surface area contributed by atoms with Crippen molar-refractivity contribution in [1.29, 1.82) is 0 Å². The van der Waals surface area contributed by atoms with Crippen LogP contribution in [0.15, 0.2) is 42.6 Å². The van der Waals surface area contributed by atoms with Gasteiger partial charge in [-0.25, -0.2) is 0 Å². The number of rotatable bonds is 8. The lowest BCUT2D eigenvalue weighted by Gasteiger charge is -2.05. The number of aromatic nitrogens is 2. The largest absolute Gasteiger partial charge is 0.381 e. The molecular formula is C16H21N3O2. The van der Waals surface area contributed by atoms with Gasteiger partial charge in [0.2, 0.25) is 5.91 Å². The maximum Gasteiger partial charge on any atom is 0.225 e. The van der Waals surface area contributed by atoms with E-state index in [0.29, 0.717) is 31.9 Å². The number of ether oxygens (including phenoxy) is 1. The first-order valence-electron chi connectivity index (χ1n) is 7.15. The maximum absolute atomic E-state index is 11.7. The highest BCUT2D eigenvalue weighted by Gasteiger charge is 2.04. The predicted octanol–water partition coefficient (Wildman–Crippen LogP) is 2.40. The Morgan fingerprint density at radius 3 is 2.76 bits per heavy atom. The van der Waals surface area contributed by atoms with Crippen molar-refractivity contribution in [2.75, 3.05) is 18.5 Å². The standard InChI is InChI=1S/C16H21N3O2/c1-19-11-9-15(18-19)17-16(20)8-5-12-21-13-10-14-6-3-2-4-7-14/h2-4,6-7,9,11H,5,8,10,12-13H2,1H3,(H,17,18,20). The lowest BCUT2D eigenvalue weighted by Crippen LogP contribution is -2.13. The van der Waals surface area contributed by atoms with Gasteiger partial charge in [0.1, 0.15) is 0 Å². The molecule has 0 radical (unpaired) electrons. The van der Waals surface area contributed by atoms with Gasteiger partial charge in [-0.05, 0) is 18.4 Å². The molecule has 0 aliphatic carbocycles. The quantitative estimate of drug-likeness (QED) is 0.758. The van der Waals surface area contributed by atoms with Crippen molar-refractivity contribution >= 4 is 11.7 Å². The zero-order chi connectivity index (χ0) is 14.9. The van der Waals surface area contributed by atoms with E-state index in [1.165, 1.54) is 5.56 Å². The third kappa shape index (κ3) is 5.79. The van der Waals surface area contributed by atoms with Gasteiger partial charge in [-0.2, -0.15) is 5.10 Å². The number of hydrogen-bond acceptors (Lipinski definition) is 3. The van der Waals surface area contributed by atoms with Gasteiger partial charge in [-0.3, -0.25) is 9.48 Å². The Bertz CT molecular complexity index is 552. The Kier molecular flexibility index (Phi) is 5.97. The van der Waals surface area contributed by atoms with Crippen molar-refractivity contribution in [1.82, 2.24) is 9.78 Å². The summed E-state index contributed by atoms with van der Waals surface area (Å²) in [4.78, 5) is 11.7. The Hall–Kier alpha value is -2.14. The van der Waals surface area contributed by atoms with Crippen molar-refractivity contribution < 1.29 is 9.53 Å². The predicted molar refractivity (Wildman–Crippen MR) is 82.0 cm³/mol. The number of nitrogens with one attached hydrogen (secondary N) is 1. The van der Waals surface area contributed by atoms with Crippen molar-refractivity contribution in [3.05, 3.63) is 48.2 Å². The number of carbonyl (C=O) groups is 1. The van der Waals surface area contributed by atoms with Crippen LogP contribution >= 0.6 is 0 Å². The van der Waals surface area contributed by atoms with Crippen molar-refractivity contribution in [3.8, 4) is 0 Å². The molecule has 112 valence electrons. The first-order valence-corrected chi connectivity index (χ1v) is 7.15. The summed E-state index contributed by atoms with van der Waals surface area (Å²) in [5.41, 5.74) is 1.27. The zero-order valence-electron chi connectivity index (χ0n) is 12.3. The van der Waals surface area contributed by atoms with Gasteiger partial charge in [-0.1, -0.05) is 30.3 Å². The average molecular weight is 287 g/mol. The number of benzene rings is 1. The number of hydrogen-bond donors (Lipinski definition) is 1. The molecule has 1 heterocycles. The van der Waals surface area contributed by atoms with Crippen LogP contribution in [0.2, 0.25) is 0 Å². The molecule has 0 aliphatic heterocycles. The van der Waals surface area contributed by atoms with Crippen molar-refractivity contribution in [2.45, 2.75) is 19.3 Å². The van der Waals surface area contributed by atoms with Crippen LogP contribution in [0, 0.1) is 0 Å². The molecule has 2 aromatic rings. The molecule has 0 unspecified atom stereocenters. The molecule has 0 fully saturated rings. The van der Waals surface area contributed by atoms with Crippen LogP contribution in [0.25, 0.3) is 0 Å². The molecule has 1 N–H and O–H groups in total. The summed E-state index contributed by atoms with van der Waals surface area (Å²) in [5.74, 6) is 0.563. The highest BCUT2D eigenvalue weighted by Crippen LogP contribution is 2.03. The Labute approximate surface area is 124 Å². The third-order valence-electron chi connectivity index (χ3n) is 3.05. The summed E-state index contributed by atoms with van der Waals surface area (Å²) in [5, 5.41) is 6.85. The number of nitrogens with zero attached hydrogens (tertiary/aromatic N) is 2. The van der Waals surface area contributed by atoms with E-state index >= 15 is 0 Å². The van der Waals surface area contributed by atoms with Gasteiger partial charge in [0.25, 0.3) is 0 Å². The van der Waals surface area contributed by atoms with Crippen LogP contribution in [0.5, 0.6) is 0 Å². The summed E-state index contributed by atoms with van der Waals surface area (Å²) in [6.07, 6.45) is 3.86. The van der Waals surface area contributed by atoms with E-state index in [9.17, 15) is 4.79 Å². The highest BCUT2D eigenvalue weighted by atomic mass is 16.5. The molecule has 1 amide bonds. The van der Waals surface area contributed by atoms with Gasteiger partial charge in [0, 0.05) is 32.3 Å². The minimum Gasteiger partial charge on any atom is -0.381 e. The highest BCUT2D eigenvalue weighted by molar-refractivity contribution is 5.89. The lowest BCUT2D eigenvalue weighted by atomic mass is 10.2. The van der Waals surface area contributed by atoms with E-state index in [4.69, 9.17) is 4.74 Å². The maximum atomic E-state index is 11.7. The summed E-state index contributed by atoms with van der Waals surface area (Å²) in [6.45, 7) is 1.29. The molecule has 5 heteroatoms. The van der Waals surface area contributed by atoms with Gasteiger partial charge < -0.3 is 10.1 Å². The van der Waals surface area contributed by atoms with Gasteiger partial charge >= 0.3 is 0 Å². The fraction of sp³-hybridized carbons (Fsp3) is 0.375. The molecule has 1 aromatic heterocycles. The monoisotopic (exact) mass is 287 g/mol. The number of carbonyl (C=O) groups excluding carboxylic acids is 1. The minimum absolute atomic E-state index is 0.0274. The summed E-state index contributed by atoms with van der Waals surface area (Å²) in [6, 6.07) is 12.0. The second-order valence-corrected chi connectivity index (χ2v) is 4.87. The Morgan fingerprint density at radius 2 is 2.05 bits per heavy atom. The molecule has 0 atom stereocenters. The second-order valence-electron chi connectivity index (χ2n) is 4.87. The summed E-state index contributed by atoms with van der Waals surface area (Å²) in [7, 11) is 1.82. The molecular weight excluding hydrogens is 266 g/mol. The fourth-order valence-corrected chi connectivity index (χ4v) is 1.96. The van der Waals surface area contributed by atoms with E-state index < -0.39 is 0 Å². The van der Waals surface area contributed by atoms with Crippen LogP contribution in [-0.2, 0) is 23.0 Å². The summed E-state index contributed by atoms with van der Waals surface area (Å²) < 4.78 is 7.20. The molecule has 0 aliphatic rings. The van der Waals surface area contributed by atoms with Crippen molar-refractivity contribution in [2.24, 2.45) is 7.05 Å². The summed E-state index contributed by atoms with van der Waals surface area (Å²) >= 11 is 0. The molecule has 0 saturated heterocycles. The van der Waals surface area contributed by atoms with Crippen LogP contribution in [0.4, 0.5) is 5.82 Å². The molecule has 21 heavy (non-hydrogen) atoms. The minimum atomic E-state index is -0.0274. The molecule has 2 rings (SSSR count). The number of amides is 1. The van der Waals surface area contributed by atoms with E-state index in [1.807, 2.05) is 25.2 Å². The SMILES string of the molecule is Cn1ccc(NC(=O)CCCOCCc2ccccc2)n1. The molecule has 0 saturated carbocycles. The topological polar surface area (TPSA) is 56.2 Å². The molecule has 0 bridgehead atoms.